The molecule has 1 saturated heterocycles. The molecule has 5 heteroatoms. The molecule has 5 nitrogen and oxygen atoms in total. The summed E-state index contributed by atoms with van der Waals surface area (Å²) >= 11 is 0. The van der Waals surface area contributed by atoms with Gasteiger partial charge in [-0.2, -0.15) is 0 Å². The van der Waals surface area contributed by atoms with Crippen LogP contribution in [0, 0.1) is 5.92 Å². The summed E-state index contributed by atoms with van der Waals surface area (Å²) in [4.78, 5) is 25.1. The van der Waals surface area contributed by atoms with E-state index in [4.69, 9.17) is 5.11 Å². The Labute approximate surface area is 115 Å². The highest BCUT2D eigenvalue weighted by Crippen LogP contribution is 2.23. The number of rotatable bonds is 4. The summed E-state index contributed by atoms with van der Waals surface area (Å²) in [7, 11) is 0. The maximum atomic E-state index is 12.6. The fourth-order valence-electron chi connectivity index (χ4n) is 2.56. The van der Waals surface area contributed by atoms with E-state index in [2.05, 4.69) is 12.2 Å². The smallest absolute Gasteiger partial charge is 0.305 e. The molecular formula is C14H26N2O3. The molecule has 1 aliphatic heterocycles. The molecule has 2 N–H and O–H groups in total. The van der Waals surface area contributed by atoms with Gasteiger partial charge in [-0.3, -0.25) is 9.59 Å². The van der Waals surface area contributed by atoms with Gasteiger partial charge < -0.3 is 15.3 Å². The van der Waals surface area contributed by atoms with Crippen molar-refractivity contribution in [1.29, 1.82) is 0 Å². The van der Waals surface area contributed by atoms with Crippen molar-refractivity contribution in [2.24, 2.45) is 5.92 Å². The Bertz CT molecular complexity index is 336. The number of aliphatic carboxylic acids is 1. The summed E-state index contributed by atoms with van der Waals surface area (Å²) in [6.07, 6.45) is 1.67. The zero-order valence-electron chi connectivity index (χ0n) is 12.4. The van der Waals surface area contributed by atoms with E-state index in [1.165, 1.54) is 0 Å². The van der Waals surface area contributed by atoms with Crippen LogP contribution in [-0.4, -0.2) is 46.6 Å². The van der Waals surface area contributed by atoms with Crippen molar-refractivity contribution in [3.05, 3.63) is 0 Å². The van der Waals surface area contributed by atoms with Crippen molar-refractivity contribution in [3.8, 4) is 0 Å². The summed E-state index contributed by atoms with van der Waals surface area (Å²) in [5.74, 6) is -0.743. The Balaban J connectivity index is 2.73. The van der Waals surface area contributed by atoms with Gasteiger partial charge >= 0.3 is 5.97 Å². The summed E-state index contributed by atoms with van der Waals surface area (Å²) < 4.78 is 0. The number of hydrogen-bond acceptors (Lipinski definition) is 3. The van der Waals surface area contributed by atoms with Crippen molar-refractivity contribution in [1.82, 2.24) is 10.2 Å². The minimum atomic E-state index is -0.860. The quantitative estimate of drug-likeness (QED) is 0.812. The van der Waals surface area contributed by atoms with E-state index in [1.54, 1.807) is 4.90 Å². The van der Waals surface area contributed by atoms with E-state index >= 15 is 0 Å². The fourth-order valence-corrected chi connectivity index (χ4v) is 2.56. The lowest BCUT2D eigenvalue weighted by molar-refractivity contribution is -0.144. The molecule has 0 aromatic heterocycles. The SMILES string of the molecule is CC1CC(C(=O)N(CCC(=O)O)C(C)(C)C)CCN1. The summed E-state index contributed by atoms with van der Waals surface area (Å²) in [6.45, 7) is 9.09. The van der Waals surface area contributed by atoms with Crippen molar-refractivity contribution in [3.63, 3.8) is 0 Å². The van der Waals surface area contributed by atoms with Gasteiger partial charge in [0.05, 0.1) is 6.42 Å². The van der Waals surface area contributed by atoms with Crippen LogP contribution in [-0.2, 0) is 9.59 Å². The average Bonchev–Trinajstić information content (AvgIpc) is 2.26. The third-order valence-corrected chi connectivity index (χ3v) is 3.60. The van der Waals surface area contributed by atoms with Gasteiger partial charge in [-0.05, 0) is 47.1 Å². The van der Waals surface area contributed by atoms with E-state index in [-0.39, 0.29) is 30.3 Å². The van der Waals surface area contributed by atoms with Crippen LogP contribution < -0.4 is 5.32 Å². The number of carbonyl (C=O) groups is 2. The molecule has 1 fully saturated rings. The molecule has 19 heavy (non-hydrogen) atoms. The first kappa shape index (κ1) is 16.0. The highest BCUT2D eigenvalue weighted by Gasteiger charge is 2.33. The second-order valence-electron chi connectivity index (χ2n) is 6.38. The molecule has 0 radical (unpaired) electrons. The molecule has 0 aromatic rings. The standard InChI is InChI=1S/C14H26N2O3/c1-10-9-11(5-7-15-10)13(19)16(14(2,3)4)8-6-12(17)18/h10-11,15H,5-9H2,1-4H3,(H,17,18). The van der Waals surface area contributed by atoms with Crippen LogP contribution in [0.15, 0.2) is 0 Å². The molecule has 1 rings (SSSR count). The number of piperidine rings is 1. The van der Waals surface area contributed by atoms with Crippen LogP contribution in [0.1, 0.15) is 47.0 Å². The van der Waals surface area contributed by atoms with Gasteiger partial charge in [0.1, 0.15) is 0 Å². The van der Waals surface area contributed by atoms with Gasteiger partial charge in [0.25, 0.3) is 0 Å². The van der Waals surface area contributed by atoms with Gasteiger partial charge in [0.2, 0.25) is 5.91 Å². The lowest BCUT2D eigenvalue weighted by Crippen LogP contribution is -2.51. The summed E-state index contributed by atoms with van der Waals surface area (Å²) in [5, 5.41) is 12.1. The van der Waals surface area contributed by atoms with Crippen molar-refractivity contribution < 1.29 is 14.7 Å². The Morgan fingerprint density at radius 2 is 2.00 bits per heavy atom. The third kappa shape index (κ3) is 4.82. The molecule has 110 valence electrons. The predicted molar refractivity (Wildman–Crippen MR) is 73.9 cm³/mol. The van der Waals surface area contributed by atoms with Crippen LogP contribution in [0.2, 0.25) is 0 Å². The zero-order valence-corrected chi connectivity index (χ0v) is 12.4. The molecule has 2 unspecified atom stereocenters. The van der Waals surface area contributed by atoms with Gasteiger partial charge in [0.15, 0.2) is 0 Å². The minimum Gasteiger partial charge on any atom is -0.481 e. The van der Waals surface area contributed by atoms with Crippen LogP contribution in [0.5, 0.6) is 0 Å². The molecule has 0 bridgehead atoms. The molecule has 1 aliphatic rings. The van der Waals surface area contributed by atoms with E-state index in [1.807, 2.05) is 20.8 Å². The number of carboxylic acids is 1. The fraction of sp³-hybridized carbons (Fsp3) is 0.857. The number of nitrogens with zero attached hydrogens (tertiary/aromatic N) is 1. The number of amides is 1. The number of carbonyl (C=O) groups excluding carboxylic acids is 1. The Kier molecular flexibility index (Phi) is 5.35. The van der Waals surface area contributed by atoms with E-state index in [0.717, 1.165) is 19.4 Å². The second-order valence-corrected chi connectivity index (χ2v) is 6.38. The molecule has 0 saturated carbocycles. The van der Waals surface area contributed by atoms with E-state index in [9.17, 15) is 9.59 Å². The second kappa shape index (κ2) is 6.37. The first-order valence-electron chi connectivity index (χ1n) is 6.98. The van der Waals surface area contributed by atoms with Crippen LogP contribution in [0.25, 0.3) is 0 Å². The van der Waals surface area contributed by atoms with Gasteiger partial charge in [-0.25, -0.2) is 0 Å². The van der Waals surface area contributed by atoms with Crippen molar-refractivity contribution in [2.45, 2.75) is 58.5 Å². The van der Waals surface area contributed by atoms with Gasteiger partial charge in [-0.15, -0.1) is 0 Å². The van der Waals surface area contributed by atoms with E-state index in [0.29, 0.717) is 6.04 Å². The number of nitrogens with one attached hydrogen (secondary N) is 1. The van der Waals surface area contributed by atoms with Crippen molar-refractivity contribution >= 4 is 11.9 Å². The van der Waals surface area contributed by atoms with Gasteiger partial charge in [-0.1, -0.05) is 0 Å². The summed E-state index contributed by atoms with van der Waals surface area (Å²) in [6, 6.07) is 0.351. The molecule has 1 amide bonds. The minimum absolute atomic E-state index is 0.00351. The maximum Gasteiger partial charge on any atom is 0.305 e. The topological polar surface area (TPSA) is 69.6 Å². The molecular weight excluding hydrogens is 244 g/mol. The first-order chi connectivity index (χ1) is 8.71. The Morgan fingerprint density at radius 3 is 2.47 bits per heavy atom. The largest absolute Gasteiger partial charge is 0.481 e. The predicted octanol–water partition coefficient (Wildman–Crippen LogP) is 1.48. The molecule has 0 aliphatic carbocycles. The maximum absolute atomic E-state index is 12.6. The van der Waals surface area contributed by atoms with Crippen molar-refractivity contribution in [2.75, 3.05) is 13.1 Å². The number of carboxylic acid groups (broad SMARTS) is 1. The van der Waals surface area contributed by atoms with Crippen LogP contribution in [0.4, 0.5) is 0 Å². The molecule has 0 spiro atoms. The molecule has 1 heterocycles. The van der Waals surface area contributed by atoms with Crippen LogP contribution in [0.3, 0.4) is 0 Å². The third-order valence-electron chi connectivity index (χ3n) is 3.60. The number of hydrogen-bond donors (Lipinski definition) is 2. The first-order valence-corrected chi connectivity index (χ1v) is 6.98. The normalized spacial score (nSPS) is 24.0. The van der Waals surface area contributed by atoms with Crippen LogP contribution >= 0.6 is 0 Å². The van der Waals surface area contributed by atoms with Gasteiger partial charge in [0, 0.05) is 24.0 Å². The zero-order chi connectivity index (χ0) is 14.6. The Morgan fingerprint density at radius 1 is 1.37 bits per heavy atom. The lowest BCUT2D eigenvalue weighted by Gasteiger charge is -2.39. The highest BCUT2D eigenvalue weighted by molar-refractivity contribution is 5.80. The Hall–Kier alpha value is -1.10. The average molecular weight is 270 g/mol. The van der Waals surface area contributed by atoms with E-state index < -0.39 is 5.97 Å². The summed E-state index contributed by atoms with van der Waals surface area (Å²) in [5.41, 5.74) is -0.333. The monoisotopic (exact) mass is 270 g/mol. The highest BCUT2D eigenvalue weighted by atomic mass is 16.4. The lowest BCUT2D eigenvalue weighted by atomic mass is 9.90. The molecule has 2 atom stereocenters. The molecule has 0 aromatic carbocycles.